The number of nitrogens with zero attached hydrogens (tertiary/aromatic N) is 2. The third-order valence-corrected chi connectivity index (χ3v) is 5.05. The van der Waals surface area contributed by atoms with Gasteiger partial charge in [-0.3, -0.25) is 4.79 Å². The van der Waals surface area contributed by atoms with Crippen LogP contribution >= 0.6 is 0 Å². The van der Waals surface area contributed by atoms with Crippen molar-refractivity contribution in [2.75, 3.05) is 20.3 Å². The molecule has 1 fully saturated rings. The Balaban J connectivity index is 2.35. The van der Waals surface area contributed by atoms with Gasteiger partial charge in [-0.2, -0.15) is 0 Å². The van der Waals surface area contributed by atoms with Crippen molar-refractivity contribution in [3.63, 3.8) is 0 Å². The van der Waals surface area contributed by atoms with Crippen LogP contribution in [0, 0.1) is 0 Å². The van der Waals surface area contributed by atoms with Crippen LogP contribution in [0.4, 0.5) is 0 Å². The van der Waals surface area contributed by atoms with Gasteiger partial charge >= 0.3 is 0 Å². The van der Waals surface area contributed by atoms with Crippen LogP contribution in [0.2, 0.25) is 0 Å². The van der Waals surface area contributed by atoms with Crippen LogP contribution in [0.5, 0.6) is 0 Å². The molecule has 1 aromatic rings. The van der Waals surface area contributed by atoms with Crippen molar-refractivity contribution in [3.05, 3.63) is 23.9 Å². The zero-order valence-corrected chi connectivity index (χ0v) is 14.3. The number of nitrogens with two attached hydrogens (primary N) is 1. The topological polar surface area (TPSA) is 103 Å². The second-order valence-corrected chi connectivity index (χ2v) is 7.40. The van der Waals surface area contributed by atoms with Crippen LogP contribution in [0.25, 0.3) is 0 Å². The van der Waals surface area contributed by atoms with E-state index < -0.39 is 10.0 Å². The van der Waals surface area contributed by atoms with E-state index in [0.717, 1.165) is 25.7 Å². The quantitative estimate of drug-likeness (QED) is 0.836. The minimum Gasteiger partial charge on any atom is -0.382 e. The summed E-state index contributed by atoms with van der Waals surface area (Å²) in [6, 6.07) is 2.75. The average molecular weight is 341 g/mol. The second kappa shape index (κ2) is 6.94. The van der Waals surface area contributed by atoms with Crippen LogP contribution in [-0.4, -0.2) is 50.0 Å². The number of methoxy groups -OCH3 is 1. The monoisotopic (exact) mass is 341 g/mol. The maximum Gasteiger partial charge on any atom is 0.255 e. The summed E-state index contributed by atoms with van der Waals surface area (Å²) < 4.78 is 28.2. The van der Waals surface area contributed by atoms with E-state index in [1.54, 1.807) is 7.11 Å². The summed E-state index contributed by atoms with van der Waals surface area (Å²) in [5.74, 6) is -0.208. The lowest BCUT2D eigenvalue weighted by Crippen LogP contribution is -2.50. The molecule has 1 aromatic heterocycles. The lowest BCUT2D eigenvalue weighted by molar-refractivity contribution is 0.0254. The van der Waals surface area contributed by atoms with E-state index in [1.165, 1.54) is 18.3 Å². The van der Waals surface area contributed by atoms with Gasteiger partial charge in [0, 0.05) is 25.4 Å². The molecule has 23 heavy (non-hydrogen) atoms. The summed E-state index contributed by atoms with van der Waals surface area (Å²) in [4.78, 5) is 18.4. The first kappa shape index (κ1) is 17.8. The fraction of sp³-hybridized carbons (Fsp3) is 0.600. The number of pyridine rings is 1. The van der Waals surface area contributed by atoms with Crippen LogP contribution in [0.3, 0.4) is 0 Å². The highest BCUT2D eigenvalue weighted by atomic mass is 32.2. The average Bonchev–Trinajstić information content (AvgIpc) is 2.90. The molecule has 2 N–H and O–H groups in total. The molecule has 1 amide bonds. The lowest BCUT2D eigenvalue weighted by Gasteiger charge is -2.38. The van der Waals surface area contributed by atoms with Gasteiger partial charge in [-0.25, -0.2) is 18.5 Å². The lowest BCUT2D eigenvalue weighted by atomic mass is 9.91. The highest BCUT2D eigenvalue weighted by Crippen LogP contribution is 2.35. The van der Waals surface area contributed by atoms with Crippen molar-refractivity contribution < 1.29 is 17.9 Å². The highest BCUT2D eigenvalue weighted by molar-refractivity contribution is 7.89. The molecule has 7 nitrogen and oxygen atoms in total. The Labute approximate surface area is 136 Å². The first-order chi connectivity index (χ1) is 10.8. The molecule has 0 spiro atoms. The molecule has 1 atom stereocenters. The van der Waals surface area contributed by atoms with Gasteiger partial charge in [0.25, 0.3) is 15.9 Å². The standard InChI is InChI=1S/C15H23N3O4S/c1-3-6-15(11-22-2)7-4-9-18(15)14(19)12-5-8-17-13(10-12)23(16,20)21/h5,8,10H,3-4,6-7,9,11H2,1-2H3,(H2,16,20,21). The fourth-order valence-corrected chi connectivity index (χ4v) is 3.82. The molecule has 0 aliphatic carbocycles. The molecule has 0 radical (unpaired) electrons. The van der Waals surface area contributed by atoms with Crippen molar-refractivity contribution in [1.29, 1.82) is 0 Å². The van der Waals surface area contributed by atoms with E-state index in [2.05, 4.69) is 11.9 Å². The summed E-state index contributed by atoms with van der Waals surface area (Å²) >= 11 is 0. The van der Waals surface area contributed by atoms with Crippen molar-refractivity contribution in [3.8, 4) is 0 Å². The number of ether oxygens (including phenoxy) is 1. The summed E-state index contributed by atoms with van der Waals surface area (Å²) in [6.45, 7) is 3.18. The van der Waals surface area contributed by atoms with E-state index >= 15 is 0 Å². The Bertz CT molecular complexity index is 669. The molecule has 2 rings (SSSR count). The molecule has 1 saturated heterocycles. The summed E-state index contributed by atoms with van der Waals surface area (Å²) in [7, 11) is -2.31. The minimum absolute atomic E-state index is 0.208. The zero-order chi connectivity index (χ0) is 17.1. The van der Waals surface area contributed by atoms with E-state index in [4.69, 9.17) is 9.88 Å². The number of rotatable bonds is 6. The van der Waals surface area contributed by atoms with Gasteiger partial charge in [0.2, 0.25) is 0 Å². The highest BCUT2D eigenvalue weighted by Gasteiger charge is 2.43. The summed E-state index contributed by atoms with van der Waals surface area (Å²) in [6.07, 6.45) is 4.86. The minimum atomic E-state index is -3.94. The second-order valence-electron chi connectivity index (χ2n) is 5.90. The number of hydrogen-bond donors (Lipinski definition) is 1. The number of carbonyl (C=O) groups is 1. The van der Waals surface area contributed by atoms with E-state index in [9.17, 15) is 13.2 Å². The smallest absolute Gasteiger partial charge is 0.255 e. The first-order valence-electron chi connectivity index (χ1n) is 7.64. The Morgan fingerprint density at radius 2 is 2.26 bits per heavy atom. The van der Waals surface area contributed by atoms with Crippen molar-refractivity contribution in [2.24, 2.45) is 5.14 Å². The van der Waals surface area contributed by atoms with Gasteiger partial charge in [-0.15, -0.1) is 0 Å². The number of aromatic nitrogens is 1. The number of amides is 1. The van der Waals surface area contributed by atoms with Crippen molar-refractivity contribution >= 4 is 15.9 Å². The third kappa shape index (κ3) is 3.70. The van der Waals surface area contributed by atoms with Crippen LogP contribution in [-0.2, 0) is 14.8 Å². The third-order valence-electron chi connectivity index (χ3n) is 4.24. The molecule has 0 saturated carbocycles. The Morgan fingerprint density at radius 1 is 1.52 bits per heavy atom. The van der Waals surface area contributed by atoms with Crippen molar-refractivity contribution in [2.45, 2.75) is 43.2 Å². The molecule has 8 heteroatoms. The molecule has 0 aromatic carbocycles. The molecule has 1 aliphatic rings. The zero-order valence-electron chi connectivity index (χ0n) is 13.5. The van der Waals surface area contributed by atoms with E-state index in [-0.39, 0.29) is 22.0 Å². The molecule has 1 aliphatic heterocycles. The van der Waals surface area contributed by atoms with E-state index in [0.29, 0.717) is 13.2 Å². The van der Waals surface area contributed by atoms with Crippen LogP contribution in [0.1, 0.15) is 43.0 Å². The van der Waals surface area contributed by atoms with Gasteiger partial charge < -0.3 is 9.64 Å². The molecule has 128 valence electrons. The largest absolute Gasteiger partial charge is 0.382 e. The van der Waals surface area contributed by atoms with Crippen molar-refractivity contribution in [1.82, 2.24) is 9.88 Å². The van der Waals surface area contributed by atoms with Gasteiger partial charge in [0.1, 0.15) is 0 Å². The molecular weight excluding hydrogens is 318 g/mol. The van der Waals surface area contributed by atoms with Gasteiger partial charge in [-0.05, 0) is 31.4 Å². The number of sulfonamides is 1. The summed E-state index contributed by atoms with van der Waals surface area (Å²) in [5.41, 5.74) is -0.0477. The van der Waals surface area contributed by atoms with Gasteiger partial charge in [-0.1, -0.05) is 13.3 Å². The van der Waals surface area contributed by atoms with Gasteiger partial charge in [0.05, 0.1) is 12.1 Å². The normalized spacial score (nSPS) is 21.6. The fourth-order valence-electron chi connectivity index (χ4n) is 3.33. The molecular formula is C15H23N3O4S. The Morgan fingerprint density at radius 3 is 2.87 bits per heavy atom. The number of hydrogen-bond acceptors (Lipinski definition) is 5. The van der Waals surface area contributed by atoms with Crippen LogP contribution in [0.15, 0.2) is 23.4 Å². The van der Waals surface area contributed by atoms with Gasteiger partial charge in [0.15, 0.2) is 5.03 Å². The molecule has 1 unspecified atom stereocenters. The number of primary sulfonamides is 1. The maximum atomic E-state index is 12.9. The van der Waals surface area contributed by atoms with Crippen LogP contribution < -0.4 is 5.14 Å². The molecule has 2 heterocycles. The number of carbonyl (C=O) groups excluding carboxylic acids is 1. The van der Waals surface area contributed by atoms with E-state index in [1.807, 2.05) is 4.90 Å². The maximum absolute atomic E-state index is 12.9. The Kier molecular flexibility index (Phi) is 5.38. The first-order valence-corrected chi connectivity index (χ1v) is 9.18. The summed E-state index contributed by atoms with van der Waals surface area (Å²) in [5, 5.41) is 4.80. The Hall–Kier alpha value is -1.51. The number of likely N-dealkylation sites (tertiary alicyclic amines) is 1. The molecule has 0 bridgehead atoms. The predicted molar refractivity (Wildman–Crippen MR) is 85.4 cm³/mol. The SMILES string of the molecule is CCCC1(COC)CCCN1C(=O)c1ccnc(S(N)(=O)=O)c1. The predicted octanol–water partition coefficient (Wildman–Crippen LogP) is 1.15.